The first-order chi connectivity index (χ1) is 7.72. The standard InChI is InChI=1S/C10H13N5O/c1-3-7-6-11-14-9(7)13-10(16)8-4-5-12-15(8)2/h4-6H,3H2,1-2H3,(H2,11,13,14,16). The Hall–Kier alpha value is -2.11. The van der Waals surface area contributed by atoms with Crippen molar-refractivity contribution in [2.24, 2.45) is 7.05 Å². The van der Waals surface area contributed by atoms with Gasteiger partial charge in [-0.1, -0.05) is 6.92 Å². The van der Waals surface area contributed by atoms with E-state index in [-0.39, 0.29) is 5.91 Å². The number of H-pyrrole nitrogens is 1. The van der Waals surface area contributed by atoms with Crippen molar-refractivity contribution in [3.63, 3.8) is 0 Å². The van der Waals surface area contributed by atoms with Crippen molar-refractivity contribution in [1.29, 1.82) is 0 Å². The van der Waals surface area contributed by atoms with Crippen LogP contribution in [0.3, 0.4) is 0 Å². The molecule has 0 fully saturated rings. The second-order valence-corrected chi connectivity index (χ2v) is 3.42. The molecule has 6 heteroatoms. The number of anilines is 1. The van der Waals surface area contributed by atoms with Crippen LogP contribution in [0.25, 0.3) is 0 Å². The van der Waals surface area contributed by atoms with E-state index in [9.17, 15) is 4.79 Å². The summed E-state index contributed by atoms with van der Waals surface area (Å²) >= 11 is 0. The Morgan fingerprint density at radius 1 is 1.62 bits per heavy atom. The fourth-order valence-corrected chi connectivity index (χ4v) is 1.46. The molecule has 0 unspecified atom stereocenters. The van der Waals surface area contributed by atoms with Gasteiger partial charge in [0.2, 0.25) is 0 Å². The van der Waals surface area contributed by atoms with Gasteiger partial charge in [0.15, 0.2) is 0 Å². The van der Waals surface area contributed by atoms with Crippen LogP contribution in [0.4, 0.5) is 5.82 Å². The molecule has 0 saturated heterocycles. The molecule has 16 heavy (non-hydrogen) atoms. The third kappa shape index (κ3) is 1.81. The highest BCUT2D eigenvalue weighted by atomic mass is 16.2. The molecule has 2 heterocycles. The van der Waals surface area contributed by atoms with Crippen LogP contribution in [0.5, 0.6) is 0 Å². The molecule has 1 amide bonds. The van der Waals surface area contributed by atoms with Gasteiger partial charge in [0.25, 0.3) is 5.91 Å². The molecule has 0 aromatic carbocycles. The number of aryl methyl sites for hydroxylation is 2. The molecule has 0 aliphatic heterocycles. The van der Waals surface area contributed by atoms with Gasteiger partial charge in [-0.3, -0.25) is 14.6 Å². The fraction of sp³-hybridized carbons (Fsp3) is 0.300. The number of nitrogens with one attached hydrogen (secondary N) is 2. The third-order valence-electron chi connectivity index (χ3n) is 2.39. The van der Waals surface area contributed by atoms with Crippen LogP contribution in [0.1, 0.15) is 23.0 Å². The van der Waals surface area contributed by atoms with Gasteiger partial charge in [-0.15, -0.1) is 0 Å². The number of hydrogen-bond acceptors (Lipinski definition) is 3. The Labute approximate surface area is 92.7 Å². The summed E-state index contributed by atoms with van der Waals surface area (Å²) in [5.74, 6) is 0.452. The van der Waals surface area contributed by atoms with Gasteiger partial charge in [0.1, 0.15) is 11.5 Å². The van der Waals surface area contributed by atoms with Gasteiger partial charge >= 0.3 is 0 Å². The van der Waals surface area contributed by atoms with Crippen molar-refractivity contribution in [2.45, 2.75) is 13.3 Å². The normalized spacial score (nSPS) is 10.4. The molecule has 2 rings (SSSR count). The van der Waals surface area contributed by atoms with E-state index in [1.54, 1.807) is 25.5 Å². The lowest BCUT2D eigenvalue weighted by molar-refractivity contribution is 0.101. The number of aromatic amines is 1. The average molecular weight is 219 g/mol. The van der Waals surface area contributed by atoms with Crippen LogP contribution in [0, 0.1) is 0 Å². The fourth-order valence-electron chi connectivity index (χ4n) is 1.46. The number of carbonyl (C=O) groups excluding carboxylic acids is 1. The van der Waals surface area contributed by atoms with E-state index >= 15 is 0 Å². The van der Waals surface area contributed by atoms with Crippen LogP contribution in [-0.4, -0.2) is 25.9 Å². The summed E-state index contributed by atoms with van der Waals surface area (Å²) in [5.41, 5.74) is 1.49. The molecule has 0 aliphatic carbocycles. The number of aromatic nitrogens is 4. The maximum atomic E-state index is 11.8. The summed E-state index contributed by atoms with van der Waals surface area (Å²) in [7, 11) is 1.72. The van der Waals surface area contributed by atoms with Crippen LogP contribution < -0.4 is 5.32 Å². The van der Waals surface area contributed by atoms with Gasteiger partial charge in [0.05, 0.1) is 6.20 Å². The first-order valence-electron chi connectivity index (χ1n) is 5.04. The monoisotopic (exact) mass is 219 g/mol. The van der Waals surface area contributed by atoms with Crippen molar-refractivity contribution < 1.29 is 4.79 Å². The van der Waals surface area contributed by atoms with Gasteiger partial charge in [0, 0.05) is 18.8 Å². The molecule has 6 nitrogen and oxygen atoms in total. The average Bonchev–Trinajstić information content (AvgIpc) is 2.86. The molecule has 2 aromatic heterocycles. The third-order valence-corrected chi connectivity index (χ3v) is 2.39. The molecule has 0 aliphatic rings. The lowest BCUT2D eigenvalue weighted by atomic mass is 10.2. The lowest BCUT2D eigenvalue weighted by Gasteiger charge is -2.04. The molecule has 84 valence electrons. The van der Waals surface area contributed by atoms with E-state index in [0.717, 1.165) is 12.0 Å². The number of hydrogen-bond donors (Lipinski definition) is 2. The predicted octanol–water partition coefficient (Wildman–Crippen LogP) is 0.958. The summed E-state index contributed by atoms with van der Waals surface area (Å²) in [5, 5.41) is 13.4. The topological polar surface area (TPSA) is 75.6 Å². The first-order valence-corrected chi connectivity index (χ1v) is 5.04. The summed E-state index contributed by atoms with van der Waals surface area (Å²) < 4.78 is 1.53. The van der Waals surface area contributed by atoms with Crippen LogP contribution >= 0.6 is 0 Å². The molecule has 0 atom stereocenters. The minimum absolute atomic E-state index is 0.195. The van der Waals surface area contributed by atoms with E-state index in [4.69, 9.17) is 0 Å². The number of amides is 1. The minimum Gasteiger partial charge on any atom is -0.305 e. The second-order valence-electron chi connectivity index (χ2n) is 3.42. The summed E-state index contributed by atoms with van der Waals surface area (Å²) in [6, 6.07) is 1.66. The Bertz CT molecular complexity index is 499. The molecular weight excluding hydrogens is 206 g/mol. The Kier molecular flexibility index (Phi) is 2.72. The molecule has 2 aromatic rings. The minimum atomic E-state index is -0.195. The summed E-state index contributed by atoms with van der Waals surface area (Å²) in [6.07, 6.45) is 4.11. The summed E-state index contributed by atoms with van der Waals surface area (Å²) in [4.78, 5) is 11.8. The van der Waals surface area contributed by atoms with Crippen molar-refractivity contribution in [3.8, 4) is 0 Å². The predicted molar refractivity (Wildman–Crippen MR) is 59.1 cm³/mol. The smallest absolute Gasteiger partial charge is 0.275 e. The number of rotatable bonds is 3. The maximum absolute atomic E-state index is 11.8. The SMILES string of the molecule is CCc1cn[nH]c1NC(=O)c1ccnn1C. The van der Waals surface area contributed by atoms with E-state index < -0.39 is 0 Å². The first kappa shape index (κ1) is 10.4. The van der Waals surface area contributed by atoms with Crippen LogP contribution in [-0.2, 0) is 13.5 Å². The zero-order valence-electron chi connectivity index (χ0n) is 9.19. The number of nitrogens with zero attached hydrogens (tertiary/aromatic N) is 3. The Morgan fingerprint density at radius 3 is 3.06 bits per heavy atom. The molecule has 0 spiro atoms. The zero-order valence-corrected chi connectivity index (χ0v) is 9.19. The van der Waals surface area contributed by atoms with Crippen LogP contribution in [0.2, 0.25) is 0 Å². The quantitative estimate of drug-likeness (QED) is 0.807. The van der Waals surface area contributed by atoms with E-state index in [0.29, 0.717) is 11.5 Å². The number of carbonyl (C=O) groups is 1. The van der Waals surface area contributed by atoms with E-state index in [2.05, 4.69) is 20.6 Å². The highest BCUT2D eigenvalue weighted by Gasteiger charge is 2.12. The molecule has 0 saturated carbocycles. The highest BCUT2D eigenvalue weighted by molar-refractivity contribution is 6.02. The zero-order chi connectivity index (χ0) is 11.5. The van der Waals surface area contributed by atoms with E-state index in [1.165, 1.54) is 4.68 Å². The van der Waals surface area contributed by atoms with Gasteiger partial charge < -0.3 is 5.32 Å². The van der Waals surface area contributed by atoms with Crippen molar-refractivity contribution >= 4 is 11.7 Å². The van der Waals surface area contributed by atoms with Crippen molar-refractivity contribution in [1.82, 2.24) is 20.0 Å². The van der Waals surface area contributed by atoms with Gasteiger partial charge in [-0.25, -0.2) is 0 Å². The highest BCUT2D eigenvalue weighted by Crippen LogP contribution is 2.12. The van der Waals surface area contributed by atoms with Gasteiger partial charge in [-0.05, 0) is 12.5 Å². The molecule has 2 N–H and O–H groups in total. The Morgan fingerprint density at radius 2 is 2.44 bits per heavy atom. The maximum Gasteiger partial charge on any atom is 0.275 e. The van der Waals surface area contributed by atoms with Crippen molar-refractivity contribution in [2.75, 3.05) is 5.32 Å². The van der Waals surface area contributed by atoms with Gasteiger partial charge in [-0.2, -0.15) is 10.2 Å². The summed E-state index contributed by atoms with van der Waals surface area (Å²) in [6.45, 7) is 2.00. The van der Waals surface area contributed by atoms with E-state index in [1.807, 2.05) is 6.92 Å². The Balaban J connectivity index is 2.17. The van der Waals surface area contributed by atoms with Crippen LogP contribution in [0.15, 0.2) is 18.5 Å². The largest absolute Gasteiger partial charge is 0.305 e. The van der Waals surface area contributed by atoms with Crippen molar-refractivity contribution in [3.05, 3.63) is 29.7 Å². The molecular formula is C10H13N5O. The second kappa shape index (κ2) is 4.18. The molecule has 0 radical (unpaired) electrons. The molecule has 0 bridgehead atoms. The lowest BCUT2D eigenvalue weighted by Crippen LogP contribution is -2.17.